The monoisotopic (exact) mass is 330 g/mol. The van der Waals surface area contributed by atoms with Crippen LogP contribution in [0.4, 0.5) is 0 Å². The first-order valence-corrected chi connectivity index (χ1v) is 8.75. The highest BCUT2D eigenvalue weighted by Crippen LogP contribution is 2.72. The van der Waals surface area contributed by atoms with Crippen molar-refractivity contribution in [3.8, 4) is 0 Å². The number of carbonyl (C=O) groups excluding carboxylic acids is 1. The van der Waals surface area contributed by atoms with Crippen LogP contribution < -0.4 is 0 Å². The van der Waals surface area contributed by atoms with Crippen LogP contribution in [0.1, 0.15) is 32.6 Å². The van der Waals surface area contributed by atoms with Crippen molar-refractivity contribution in [2.24, 2.45) is 11.3 Å². The Hall–Kier alpha value is -1.43. The van der Waals surface area contributed by atoms with Gasteiger partial charge < -0.3 is 19.7 Å². The number of carbonyl (C=O) groups is 1. The van der Waals surface area contributed by atoms with Crippen molar-refractivity contribution in [2.45, 2.75) is 56.0 Å². The number of rotatable bonds is 2. The number of esters is 1. The highest BCUT2D eigenvalue weighted by atomic mass is 16.5. The van der Waals surface area contributed by atoms with E-state index in [1.165, 1.54) is 0 Å². The quantitative estimate of drug-likeness (QED) is 0.591. The van der Waals surface area contributed by atoms with E-state index >= 15 is 0 Å². The fraction of sp³-hybridized carbons (Fsp3) is 0.632. The summed E-state index contributed by atoms with van der Waals surface area (Å²) >= 11 is 0. The number of hydrogen-bond acceptors (Lipinski definition) is 5. The highest BCUT2D eigenvalue weighted by Gasteiger charge is 2.75. The Kier molecular flexibility index (Phi) is 2.61. The topological polar surface area (TPSA) is 76.0 Å². The van der Waals surface area contributed by atoms with Crippen molar-refractivity contribution >= 4 is 5.97 Å². The maximum absolute atomic E-state index is 12.5. The van der Waals surface area contributed by atoms with Crippen LogP contribution in [0.2, 0.25) is 0 Å². The van der Waals surface area contributed by atoms with Crippen molar-refractivity contribution in [1.29, 1.82) is 0 Å². The molecule has 3 aliphatic carbocycles. The first kappa shape index (κ1) is 14.9. The smallest absolute Gasteiger partial charge is 0.337 e. The zero-order valence-electron chi connectivity index (χ0n) is 13.7. The van der Waals surface area contributed by atoms with Gasteiger partial charge in [-0.15, -0.1) is 0 Å². The average Bonchev–Trinajstić information content (AvgIpc) is 3.19. The molecule has 5 rings (SSSR count). The van der Waals surface area contributed by atoms with E-state index in [2.05, 4.69) is 6.58 Å². The molecule has 5 nitrogen and oxygen atoms in total. The standard InChI is InChI=1S/C19H22O5/c1-3-23-16(21)13-11-4-7-19(24-11)12-5-6-18(22)9-17(12,8-10(18)2)15(20)14(13)19/h4,7,11-12,15,20,22H,2-3,5-6,8-9H2,1H3/t11-,12+,15-,17-,18-,19+/m0/s1. The van der Waals surface area contributed by atoms with Gasteiger partial charge in [0.1, 0.15) is 11.7 Å². The molecule has 0 radical (unpaired) electrons. The van der Waals surface area contributed by atoms with Gasteiger partial charge in [-0.3, -0.25) is 0 Å². The molecule has 0 aromatic heterocycles. The molecule has 3 fully saturated rings. The Labute approximate surface area is 140 Å². The summed E-state index contributed by atoms with van der Waals surface area (Å²) in [6.07, 6.45) is 5.17. The lowest BCUT2D eigenvalue weighted by Gasteiger charge is -2.43. The van der Waals surface area contributed by atoms with Gasteiger partial charge in [-0.2, -0.15) is 0 Å². The summed E-state index contributed by atoms with van der Waals surface area (Å²) < 4.78 is 11.5. The minimum absolute atomic E-state index is 0.0581. The summed E-state index contributed by atoms with van der Waals surface area (Å²) in [5, 5.41) is 22.1. The Morgan fingerprint density at radius 1 is 1.54 bits per heavy atom. The Balaban J connectivity index is 1.69. The van der Waals surface area contributed by atoms with Gasteiger partial charge in [0.25, 0.3) is 0 Å². The predicted molar refractivity (Wildman–Crippen MR) is 84.9 cm³/mol. The third-order valence-electron chi connectivity index (χ3n) is 7.03. The van der Waals surface area contributed by atoms with Crippen LogP contribution in [0.5, 0.6) is 0 Å². The molecule has 0 unspecified atom stereocenters. The van der Waals surface area contributed by atoms with Crippen LogP contribution in [-0.4, -0.2) is 46.2 Å². The van der Waals surface area contributed by atoms with E-state index in [0.717, 1.165) is 12.0 Å². The first-order chi connectivity index (χ1) is 11.4. The SMILES string of the molecule is C=C1C[C@]23C[C@@]1(O)CC[C@H]2[C@@]12C=C[C@H](O1)C(C(=O)OCC)=C2[C@@H]3O. The molecule has 5 aliphatic rings. The number of fused-ring (bicyclic) bond motifs is 2. The van der Waals surface area contributed by atoms with Crippen LogP contribution in [-0.2, 0) is 14.3 Å². The van der Waals surface area contributed by atoms with E-state index in [1.807, 2.05) is 12.2 Å². The summed E-state index contributed by atoms with van der Waals surface area (Å²) in [5.41, 5.74) is -0.139. The molecule has 4 bridgehead atoms. The molecule has 2 N–H and O–H groups in total. The Morgan fingerprint density at radius 3 is 3.08 bits per heavy atom. The first-order valence-electron chi connectivity index (χ1n) is 8.75. The minimum Gasteiger partial charge on any atom is -0.463 e. The van der Waals surface area contributed by atoms with Crippen LogP contribution in [0, 0.1) is 11.3 Å². The summed E-state index contributed by atoms with van der Waals surface area (Å²) in [4.78, 5) is 12.5. The van der Waals surface area contributed by atoms with Gasteiger partial charge in [0.2, 0.25) is 0 Å². The maximum Gasteiger partial charge on any atom is 0.337 e. The van der Waals surface area contributed by atoms with Gasteiger partial charge in [-0.1, -0.05) is 12.7 Å². The second-order valence-corrected chi connectivity index (χ2v) is 7.95. The van der Waals surface area contributed by atoms with Crippen molar-refractivity contribution in [3.63, 3.8) is 0 Å². The van der Waals surface area contributed by atoms with E-state index in [4.69, 9.17) is 9.47 Å². The second kappa shape index (κ2) is 4.21. The van der Waals surface area contributed by atoms with Crippen molar-refractivity contribution < 1.29 is 24.5 Å². The third-order valence-corrected chi connectivity index (χ3v) is 7.03. The largest absolute Gasteiger partial charge is 0.463 e. The van der Waals surface area contributed by atoms with E-state index < -0.39 is 34.8 Å². The zero-order chi connectivity index (χ0) is 16.9. The van der Waals surface area contributed by atoms with Crippen LogP contribution in [0.25, 0.3) is 0 Å². The predicted octanol–water partition coefficient (Wildman–Crippen LogP) is 1.41. The maximum atomic E-state index is 12.5. The molecule has 2 aliphatic heterocycles. The molecule has 5 heteroatoms. The average molecular weight is 330 g/mol. The van der Waals surface area contributed by atoms with Gasteiger partial charge >= 0.3 is 5.97 Å². The fourth-order valence-electron chi connectivity index (χ4n) is 6.16. The van der Waals surface area contributed by atoms with Gasteiger partial charge in [-0.25, -0.2) is 4.79 Å². The fourth-order valence-corrected chi connectivity index (χ4v) is 6.16. The van der Waals surface area contributed by atoms with Crippen molar-refractivity contribution in [3.05, 3.63) is 35.5 Å². The van der Waals surface area contributed by atoms with Crippen LogP contribution in [0.3, 0.4) is 0 Å². The zero-order valence-corrected chi connectivity index (χ0v) is 13.7. The molecule has 3 saturated carbocycles. The van der Waals surface area contributed by atoms with Crippen molar-refractivity contribution in [1.82, 2.24) is 0 Å². The molecule has 6 atom stereocenters. The summed E-state index contributed by atoms with van der Waals surface area (Å²) in [5.74, 6) is -0.340. The lowest BCUT2D eigenvalue weighted by Crippen LogP contribution is -2.46. The third kappa shape index (κ3) is 1.38. The molecule has 128 valence electrons. The Bertz CT molecular complexity index is 736. The molecule has 0 aromatic carbocycles. The van der Waals surface area contributed by atoms with Crippen LogP contribution >= 0.6 is 0 Å². The summed E-state index contributed by atoms with van der Waals surface area (Å²) in [6.45, 7) is 6.13. The summed E-state index contributed by atoms with van der Waals surface area (Å²) in [7, 11) is 0. The molecule has 2 spiro atoms. The van der Waals surface area contributed by atoms with Gasteiger partial charge in [0.15, 0.2) is 0 Å². The van der Waals surface area contributed by atoms with E-state index in [0.29, 0.717) is 37.0 Å². The van der Waals surface area contributed by atoms with E-state index in [9.17, 15) is 15.0 Å². The molecule has 0 aromatic rings. The molecule has 24 heavy (non-hydrogen) atoms. The molecule has 2 heterocycles. The van der Waals surface area contributed by atoms with Gasteiger partial charge in [0.05, 0.1) is 23.9 Å². The Morgan fingerprint density at radius 2 is 2.33 bits per heavy atom. The highest BCUT2D eigenvalue weighted by molar-refractivity contribution is 5.94. The normalized spacial score (nSPS) is 50.5. The van der Waals surface area contributed by atoms with Gasteiger partial charge in [-0.05, 0) is 44.3 Å². The number of aliphatic hydroxyl groups excluding tert-OH is 1. The summed E-state index contributed by atoms with van der Waals surface area (Å²) in [6, 6.07) is 0. The lowest BCUT2D eigenvalue weighted by molar-refractivity contribution is -0.140. The number of aliphatic hydroxyl groups is 2. The van der Waals surface area contributed by atoms with Crippen LogP contribution in [0.15, 0.2) is 35.5 Å². The molecular weight excluding hydrogens is 308 g/mol. The second-order valence-electron chi connectivity index (χ2n) is 7.95. The molecule has 0 amide bonds. The molecular formula is C19H22O5. The van der Waals surface area contributed by atoms with Gasteiger partial charge in [0, 0.05) is 16.9 Å². The minimum atomic E-state index is -0.890. The van der Waals surface area contributed by atoms with Crippen molar-refractivity contribution in [2.75, 3.05) is 6.61 Å². The van der Waals surface area contributed by atoms with E-state index in [-0.39, 0.29) is 5.92 Å². The lowest BCUT2D eigenvalue weighted by atomic mass is 9.64. The number of ether oxygens (including phenoxy) is 2. The van der Waals surface area contributed by atoms with E-state index in [1.54, 1.807) is 6.92 Å². The number of hydrogen-bond donors (Lipinski definition) is 2. The molecule has 0 saturated heterocycles.